The second-order valence-electron chi connectivity index (χ2n) is 8.04. The zero-order valence-electron chi connectivity index (χ0n) is 17.9. The van der Waals surface area contributed by atoms with Gasteiger partial charge >= 0.3 is 0 Å². The van der Waals surface area contributed by atoms with E-state index in [0.29, 0.717) is 4.90 Å². The van der Waals surface area contributed by atoms with Crippen LogP contribution in [-0.2, 0) is 15.6 Å². The van der Waals surface area contributed by atoms with Crippen LogP contribution in [0.4, 0.5) is 5.69 Å². The molecular formula is C26H29NO3S. The Kier molecular flexibility index (Phi) is 6.62. The van der Waals surface area contributed by atoms with E-state index < -0.39 is 9.84 Å². The molecule has 0 radical (unpaired) electrons. The van der Waals surface area contributed by atoms with E-state index in [4.69, 9.17) is 4.74 Å². The predicted molar refractivity (Wildman–Crippen MR) is 125 cm³/mol. The van der Waals surface area contributed by atoms with Crippen molar-refractivity contribution >= 4 is 15.5 Å². The van der Waals surface area contributed by atoms with Gasteiger partial charge in [0.05, 0.1) is 23.8 Å². The van der Waals surface area contributed by atoms with Crippen LogP contribution in [0.25, 0.3) is 0 Å². The fraction of sp³-hybridized carbons (Fsp3) is 0.308. The molecule has 0 aliphatic carbocycles. The maximum Gasteiger partial charge on any atom is 0.182 e. The average Bonchev–Trinajstić information content (AvgIpc) is 3.06. The normalized spacial score (nSPS) is 17.2. The molecule has 1 aliphatic rings. The number of benzene rings is 3. The highest BCUT2D eigenvalue weighted by Gasteiger charge is 2.27. The molecule has 5 heteroatoms. The fourth-order valence-corrected chi connectivity index (χ4v) is 5.78. The first-order chi connectivity index (χ1) is 15.1. The van der Waals surface area contributed by atoms with Crippen molar-refractivity contribution in [1.29, 1.82) is 0 Å². The molecule has 0 spiro atoms. The summed E-state index contributed by atoms with van der Waals surface area (Å²) in [6.07, 6.45) is 4.37. The van der Waals surface area contributed by atoms with Crippen molar-refractivity contribution in [2.24, 2.45) is 0 Å². The maximum atomic E-state index is 13.2. The summed E-state index contributed by atoms with van der Waals surface area (Å²) in [5, 5.41) is 0. The lowest BCUT2D eigenvalue weighted by Gasteiger charge is -2.33. The fourth-order valence-electron chi connectivity index (χ4n) is 4.40. The summed E-state index contributed by atoms with van der Waals surface area (Å²) in [6.45, 7) is 0.943. The van der Waals surface area contributed by atoms with Gasteiger partial charge in [-0.1, -0.05) is 61.4 Å². The predicted octanol–water partition coefficient (Wildman–Crippen LogP) is 5.79. The van der Waals surface area contributed by atoms with Gasteiger partial charge in [0.2, 0.25) is 0 Å². The molecule has 4 rings (SSSR count). The van der Waals surface area contributed by atoms with E-state index in [-0.39, 0.29) is 11.8 Å². The number of hydrogen-bond acceptors (Lipinski definition) is 4. The van der Waals surface area contributed by atoms with Gasteiger partial charge < -0.3 is 9.64 Å². The summed E-state index contributed by atoms with van der Waals surface area (Å²) >= 11 is 0. The highest BCUT2D eigenvalue weighted by Crippen LogP contribution is 2.39. The smallest absolute Gasteiger partial charge is 0.182 e. The third-order valence-corrected chi connectivity index (χ3v) is 7.64. The number of methoxy groups -OCH3 is 1. The van der Waals surface area contributed by atoms with Crippen LogP contribution < -0.4 is 9.64 Å². The lowest BCUT2D eigenvalue weighted by molar-refractivity contribution is 0.402. The largest absolute Gasteiger partial charge is 0.496 e. The molecule has 162 valence electrons. The maximum absolute atomic E-state index is 13.2. The van der Waals surface area contributed by atoms with Crippen molar-refractivity contribution in [3.8, 4) is 5.75 Å². The molecule has 0 N–H and O–H groups in total. The van der Waals surface area contributed by atoms with Gasteiger partial charge in [0, 0.05) is 17.8 Å². The van der Waals surface area contributed by atoms with Gasteiger partial charge in [-0.25, -0.2) is 8.42 Å². The van der Waals surface area contributed by atoms with Crippen LogP contribution in [0.15, 0.2) is 83.8 Å². The van der Waals surface area contributed by atoms with Crippen LogP contribution in [-0.4, -0.2) is 22.1 Å². The van der Waals surface area contributed by atoms with E-state index in [1.54, 1.807) is 19.2 Å². The zero-order valence-corrected chi connectivity index (χ0v) is 18.7. The van der Waals surface area contributed by atoms with Gasteiger partial charge in [-0.15, -0.1) is 0 Å². The molecule has 0 amide bonds. The van der Waals surface area contributed by atoms with Gasteiger partial charge in [-0.3, -0.25) is 0 Å². The van der Waals surface area contributed by atoms with E-state index >= 15 is 0 Å². The summed E-state index contributed by atoms with van der Waals surface area (Å²) in [5.74, 6) is 0.735. The number of nitrogens with zero attached hydrogens (tertiary/aromatic N) is 1. The van der Waals surface area contributed by atoms with E-state index in [0.717, 1.165) is 48.4 Å². The Labute approximate surface area is 185 Å². The molecule has 1 unspecified atom stereocenters. The minimum absolute atomic E-state index is 0.00727. The molecule has 1 fully saturated rings. The molecule has 0 bridgehead atoms. The summed E-state index contributed by atoms with van der Waals surface area (Å²) in [4.78, 5) is 2.75. The Balaban J connectivity index is 1.74. The first-order valence-corrected chi connectivity index (χ1v) is 12.5. The second-order valence-corrected chi connectivity index (χ2v) is 10.0. The van der Waals surface area contributed by atoms with Gasteiger partial charge in [0.1, 0.15) is 5.75 Å². The third-order valence-electron chi connectivity index (χ3n) is 5.96. The van der Waals surface area contributed by atoms with Crippen LogP contribution in [0.2, 0.25) is 0 Å². The Morgan fingerprint density at radius 3 is 2.32 bits per heavy atom. The van der Waals surface area contributed by atoms with Gasteiger partial charge in [0.25, 0.3) is 0 Å². The molecule has 1 saturated heterocycles. The molecule has 1 atom stereocenters. The number of sulfone groups is 1. The first-order valence-electron chi connectivity index (χ1n) is 10.8. The topological polar surface area (TPSA) is 46.6 Å². The van der Waals surface area contributed by atoms with Crippen molar-refractivity contribution in [2.45, 2.75) is 42.4 Å². The lowest BCUT2D eigenvalue weighted by atomic mass is 9.99. The SMILES string of the molecule is COc1ccc(S(=O)(=O)Cc2ccccc2)cc1C1CCCCCN1c1ccccc1. The van der Waals surface area contributed by atoms with Crippen molar-refractivity contribution < 1.29 is 13.2 Å². The molecule has 1 aliphatic heterocycles. The molecule has 3 aromatic rings. The van der Waals surface area contributed by atoms with Crippen LogP contribution >= 0.6 is 0 Å². The zero-order chi connectivity index (χ0) is 21.7. The molecule has 3 aromatic carbocycles. The van der Waals surface area contributed by atoms with Crippen molar-refractivity contribution in [3.63, 3.8) is 0 Å². The molecule has 1 heterocycles. The van der Waals surface area contributed by atoms with E-state index in [2.05, 4.69) is 29.2 Å². The van der Waals surface area contributed by atoms with Crippen LogP contribution in [0, 0.1) is 0 Å². The van der Waals surface area contributed by atoms with Gasteiger partial charge in [0.15, 0.2) is 9.84 Å². The number of hydrogen-bond donors (Lipinski definition) is 0. The standard InChI is InChI=1S/C26H29NO3S/c1-30-26-17-16-23(31(28,29)20-21-11-5-2-6-12-21)19-24(26)25-15-9-4-10-18-27(25)22-13-7-3-8-14-22/h2-3,5-8,11-14,16-17,19,25H,4,9-10,15,18,20H2,1H3. The number of anilines is 1. The Hall–Kier alpha value is -2.79. The summed E-state index contributed by atoms with van der Waals surface area (Å²) in [7, 11) is -1.81. The van der Waals surface area contributed by atoms with E-state index in [1.165, 1.54) is 6.42 Å². The lowest BCUT2D eigenvalue weighted by Crippen LogP contribution is -2.28. The van der Waals surface area contributed by atoms with E-state index in [1.807, 2.05) is 42.5 Å². The number of rotatable bonds is 6. The summed E-state index contributed by atoms with van der Waals surface area (Å²) in [6, 6.07) is 25.1. The van der Waals surface area contributed by atoms with E-state index in [9.17, 15) is 8.42 Å². The Morgan fingerprint density at radius 1 is 0.903 bits per heavy atom. The van der Waals surface area contributed by atoms with Crippen LogP contribution in [0.5, 0.6) is 5.75 Å². The summed E-state index contributed by atoms with van der Waals surface area (Å²) < 4.78 is 32.1. The Bertz CT molecular complexity index is 1100. The monoisotopic (exact) mass is 435 g/mol. The highest BCUT2D eigenvalue weighted by atomic mass is 32.2. The molecule has 0 aromatic heterocycles. The molecule has 4 nitrogen and oxygen atoms in total. The number of para-hydroxylation sites is 1. The molecular weight excluding hydrogens is 406 g/mol. The Morgan fingerprint density at radius 2 is 1.61 bits per heavy atom. The van der Waals surface area contributed by atoms with Gasteiger partial charge in [-0.05, 0) is 48.7 Å². The molecule has 31 heavy (non-hydrogen) atoms. The number of ether oxygens (including phenoxy) is 1. The van der Waals surface area contributed by atoms with Crippen LogP contribution in [0.1, 0.15) is 42.9 Å². The van der Waals surface area contributed by atoms with Crippen molar-refractivity contribution in [1.82, 2.24) is 0 Å². The second kappa shape index (κ2) is 9.56. The minimum atomic E-state index is -3.46. The van der Waals surface area contributed by atoms with Crippen LogP contribution in [0.3, 0.4) is 0 Å². The minimum Gasteiger partial charge on any atom is -0.496 e. The average molecular weight is 436 g/mol. The quantitative estimate of drug-likeness (QED) is 0.492. The molecule has 0 saturated carbocycles. The van der Waals surface area contributed by atoms with Crippen molar-refractivity contribution in [2.75, 3.05) is 18.6 Å². The summed E-state index contributed by atoms with van der Waals surface area (Å²) in [5.41, 5.74) is 2.90. The first kappa shape index (κ1) is 21.4. The van der Waals surface area contributed by atoms with Gasteiger partial charge in [-0.2, -0.15) is 0 Å². The highest BCUT2D eigenvalue weighted by molar-refractivity contribution is 7.90. The third kappa shape index (κ3) is 4.93. The van der Waals surface area contributed by atoms with Crippen molar-refractivity contribution in [3.05, 3.63) is 90.0 Å².